The van der Waals surface area contributed by atoms with Gasteiger partial charge in [-0.15, -0.1) is 0 Å². The topological polar surface area (TPSA) is 88.0 Å². The van der Waals surface area contributed by atoms with Crippen LogP contribution in [0.2, 0.25) is 0 Å². The number of methoxy groups -OCH3 is 1. The Morgan fingerprint density at radius 2 is 1.94 bits per heavy atom. The summed E-state index contributed by atoms with van der Waals surface area (Å²) in [5, 5.41) is 9.98. The van der Waals surface area contributed by atoms with E-state index in [9.17, 15) is 9.59 Å². The monoisotopic (exact) mass is 244 g/mol. The second-order valence-corrected chi connectivity index (χ2v) is 2.21. The van der Waals surface area contributed by atoms with Crippen LogP contribution in [-0.2, 0) is 9.53 Å². The van der Waals surface area contributed by atoms with E-state index in [0.717, 1.165) is 0 Å². The molecule has 98 valence electrons. The van der Waals surface area contributed by atoms with Crippen LogP contribution in [0.5, 0.6) is 0 Å². The van der Waals surface area contributed by atoms with Crippen molar-refractivity contribution in [1.29, 1.82) is 0 Å². The van der Waals surface area contributed by atoms with Gasteiger partial charge in [0.15, 0.2) is 0 Å². The third-order valence-electron chi connectivity index (χ3n) is 0.989. The molecular weight excluding hydrogens is 224 g/mol. The predicted molar refractivity (Wildman–Crippen MR) is 68.3 cm³/mol. The first-order chi connectivity index (χ1) is 7.99. The molecule has 0 aromatic heterocycles. The molecule has 0 rings (SSSR count). The molecule has 0 aliphatic rings. The summed E-state index contributed by atoms with van der Waals surface area (Å²) in [6.07, 6.45) is 4.45. The molecule has 6 heteroatoms. The number of carboxylic acids is 1. The molecule has 0 aliphatic carbocycles. The number of allylic oxidation sites excluding steroid dienone is 1. The minimum absolute atomic E-state index is 0.222. The van der Waals surface area contributed by atoms with Gasteiger partial charge in [0.2, 0.25) is 0 Å². The number of carboxylic acid groups (broad SMARTS) is 1. The Kier molecular flexibility index (Phi) is 23.3. The Balaban J connectivity index is -0.000000174. The fourth-order valence-corrected chi connectivity index (χ4v) is 0.224. The van der Waals surface area contributed by atoms with Crippen LogP contribution in [0.25, 0.3) is 0 Å². The molecule has 0 radical (unpaired) electrons. The van der Waals surface area contributed by atoms with Gasteiger partial charge in [-0.1, -0.05) is 26.2 Å². The summed E-state index contributed by atoms with van der Waals surface area (Å²) in [6.45, 7) is 8.35. The molecule has 0 fully saturated rings. The molecule has 17 heavy (non-hydrogen) atoms. The number of aliphatic imine (C=N–C) groups is 1. The highest BCUT2D eigenvalue weighted by molar-refractivity contribution is 5.70. The minimum Gasteiger partial charge on any atom is -0.481 e. The molecule has 6 nitrogen and oxygen atoms in total. The molecule has 2 N–H and O–H groups in total. The maximum atomic E-state index is 9.85. The first kappa shape index (κ1) is 20.3. The Morgan fingerprint density at radius 1 is 1.47 bits per heavy atom. The maximum Gasteiger partial charge on any atom is 0.406 e. The van der Waals surface area contributed by atoms with Crippen LogP contribution in [0.1, 0.15) is 13.3 Å². The average molecular weight is 244 g/mol. The van der Waals surface area contributed by atoms with E-state index in [1.54, 1.807) is 19.2 Å². The first-order valence-electron chi connectivity index (χ1n) is 4.72. The number of alkyl carbamates (subject to hydrolysis) is 1. The fraction of sp³-hybridized carbons (Fsp3) is 0.364. The summed E-state index contributed by atoms with van der Waals surface area (Å²) in [6, 6.07) is 0. The van der Waals surface area contributed by atoms with Crippen molar-refractivity contribution in [3.63, 3.8) is 0 Å². The van der Waals surface area contributed by atoms with Gasteiger partial charge in [0, 0.05) is 25.9 Å². The van der Waals surface area contributed by atoms with Gasteiger partial charge in [-0.05, 0) is 0 Å². The Bertz CT molecular complexity index is 234. The van der Waals surface area contributed by atoms with Crippen molar-refractivity contribution in [2.45, 2.75) is 13.3 Å². The van der Waals surface area contributed by atoms with Crippen LogP contribution in [0, 0.1) is 0 Å². The Morgan fingerprint density at radius 3 is 2.00 bits per heavy atom. The van der Waals surface area contributed by atoms with Crippen molar-refractivity contribution in [3.05, 3.63) is 25.4 Å². The second-order valence-electron chi connectivity index (χ2n) is 2.21. The maximum absolute atomic E-state index is 9.85. The molecule has 1 amide bonds. The van der Waals surface area contributed by atoms with Gasteiger partial charge in [-0.3, -0.25) is 9.79 Å². The highest BCUT2D eigenvalue weighted by atomic mass is 16.5. The van der Waals surface area contributed by atoms with Gasteiger partial charge in [-0.2, -0.15) is 0 Å². The second kappa shape index (κ2) is 19.5. The van der Waals surface area contributed by atoms with Crippen LogP contribution in [-0.4, -0.2) is 37.5 Å². The Labute approximate surface area is 102 Å². The van der Waals surface area contributed by atoms with Crippen LogP contribution in [0.4, 0.5) is 4.79 Å². The molecule has 0 atom stereocenters. The van der Waals surface area contributed by atoms with Gasteiger partial charge >= 0.3 is 12.1 Å². The lowest BCUT2D eigenvalue weighted by atomic mass is 10.5. The van der Waals surface area contributed by atoms with Crippen molar-refractivity contribution in [3.8, 4) is 0 Å². The number of hydrogen-bond acceptors (Lipinski definition) is 4. The van der Waals surface area contributed by atoms with Crippen LogP contribution in [0.3, 0.4) is 0 Å². The number of aliphatic carboxylic acids is 1. The molecule has 0 spiro atoms. The minimum atomic E-state index is -0.745. The van der Waals surface area contributed by atoms with Crippen molar-refractivity contribution < 1.29 is 19.4 Å². The van der Waals surface area contributed by atoms with Crippen LogP contribution >= 0.6 is 0 Å². The lowest BCUT2D eigenvalue weighted by Gasteiger charge is -1.90. The van der Waals surface area contributed by atoms with Crippen molar-refractivity contribution in [2.24, 2.45) is 4.99 Å². The lowest BCUT2D eigenvalue weighted by molar-refractivity contribution is -0.136. The summed E-state index contributed by atoms with van der Waals surface area (Å²) in [7, 11) is 2.82. The smallest absolute Gasteiger partial charge is 0.406 e. The van der Waals surface area contributed by atoms with Crippen molar-refractivity contribution >= 4 is 18.3 Å². The summed E-state index contributed by atoms with van der Waals surface area (Å²) < 4.78 is 4.15. The third kappa shape index (κ3) is 41.4. The zero-order chi connectivity index (χ0) is 14.1. The molecule has 0 aliphatic heterocycles. The molecule has 0 aromatic carbocycles. The SMILES string of the molecule is C=CC=NC=C.CCC(=O)O.CNC(=O)OC. The van der Waals surface area contributed by atoms with E-state index in [4.69, 9.17) is 5.11 Å². The van der Waals surface area contributed by atoms with E-state index in [2.05, 4.69) is 28.2 Å². The molecule has 0 saturated carbocycles. The van der Waals surface area contributed by atoms with Gasteiger partial charge in [0.1, 0.15) is 0 Å². The molecule has 0 saturated heterocycles. The zero-order valence-corrected chi connectivity index (χ0v) is 10.5. The van der Waals surface area contributed by atoms with Gasteiger partial charge in [0.25, 0.3) is 0 Å². The van der Waals surface area contributed by atoms with E-state index < -0.39 is 12.1 Å². The predicted octanol–water partition coefficient (Wildman–Crippen LogP) is 1.84. The van der Waals surface area contributed by atoms with Gasteiger partial charge in [0.05, 0.1) is 7.11 Å². The van der Waals surface area contributed by atoms with Crippen LogP contribution in [0.15, 0.2) is 30.4 Å². The highest BCUT2D eigenvalue weighted by Crippen LogP contribution is 1.67. The summed E-state index contributed by atoms with van der Waals surface area (Å²) in [5.74, 6) is -0.745. The highest BCUT2D eigenvalue weighted by Gasteiger charge is 1.85. The quantitative estimate of drug-likeness (QED) is 0.741. The fourth-order valence-electron chi connectivity index (χ4n) is 0.224. The van der Waals surface area contributed by atoms with Crippen LogP contribution < -0.4 is 5.32 Å². The molecule has 0 bridgehead atoms. The number of nitrogens with one attached hydrogen (secondary N) is 1. The van der Waals surface area contributed by atoms with E-state index >= 15 is 0 Å². The van der Waals surface area contributed by atoms with Crippen molar-refractivity contribution in [2.75, 3.05) is 14.2 Å². The number of ether oxygens (including phenoxy) is 1. The lowest BCUT2D eigenvalue weighted by Crippen LogP contribution is -2.16. The standard InChI is InChI=1S/C5H7N.C3H7NO2.C3H6O2/c1-3-5-6-4-2;1-4-3(5)6-2;1-2-3(4)5/h3-5H,1-2H2;1-2H3,(H,4,5);2H2,1H3,(H,4,5). The number of amides is 1. The zero-order valence-electron chi connectivity index (χ0n) is 10.5. The summed E-state index contributed by atoms with van der Waals surface area (Å²) >= 11 is 0. The summed E-state index contributed by atoms with van der Waals surface area (Å²) in [5.41, 5.74) is 0. The van der Waals surface area contributed by atoms with E-state index in [0.29, 0.717) is 0 Å². The third-order valence-corrected chi connectivity index (χ3v) is 0.989. The first-order valence-corrected chi connectivity index (χ1v) is 4.72. The molecular formula is C11H20N2O4. The van der Waals surface area contributed by atoms with E-state index in [-0.39, 0.29) is 6.42 Å². The van der Waals surface area contributed by atoms with Gasteiger partial charge < -0.3 is 15.2 Å². The number of rotatable bonds is 3. The number of nitrogens with zero attached hydrogens (tertiary/aromatic N) is 1. The number of hydrogen-bond donors (Lipinski definition) is 2. The number of carbonyl (C=O) groups excluding carboxylic acids is 1. The Hall–Kier alpha value is -2.11. The average Bonchev–Trinajstić information content (AvgIpc) is 2.36. The number of carbonyl (C=O) groups is 2. The molecule has 0 unspecified atom stereocenters. The summed E-state index contributed by atoms with van der Waals surface area (Å²) in [4.78, 5) is 22.8. The normalized spacial score (nSPS) is 7.71. The molecule has 0 aromatic rings. The van der Waals surface area contributed by atoms with E-state index in [1.165, 1.54) is 20.4 Å². The molecule has 0 heterocycles. The van der Waals surface area contributed by atoms with Gasteiger partial charge in [-0.25, -0.2) is 4.79 Å². The largest absolute Gasteiger partial charge is 0.481 e. The van der Waals surface area contributed by atoms with E-state index in [1.807, 2.05) is 0 Å². The van der Waals surface area contributed by atoms with Crippen molar-refractivity contribution in [1.82, 2.24) is 5.32 Å².